The van der Waals surface area contributed by atoms with Gasteiger partial charge in [-0.2, -0.15) is 0 Å². The van der Waals surface area contributed by atoms with E-state index in [9.17, 15) is 0 Å². The molecule has 1 aromatic heterocycles. The summed E-state index contributed by atoms with van der Waals surface area (Å²) < 4.78 is 2.21. The van der Waals surface area contributed by atoms with Crippen molar-refractivity contribution in [3.05, 3.63) is 36.0 Å². The maximum Gasteiger partial charge on any atom is 0.0480 e. The Morgan fingerprint density at radius 2 is 2.29 bits per heavy atom. The predicted octanol–water partition coefficient (Wildman–Crippen LogP) is 2.72. The summed E-state index contributed by atoms with van der Waals surface area (Å²) in [7, 11) is 2.12. The fourth-order valence-electron chi connectivity index (χ4n) is 2.95. The van der Waals surface area contributed by atoms with Crippen molar-refractivity contribution in [2.75, 3.05) is 13.1 Å². The van der Waals surface area contributed by atoms with Gasteiger partial charge in [-0.3, -0.25) is 0 Å². The molecule has 0 aliphatic carbocycles. The maximum atomic E-state index is 3.50. The molecule has 1 atom stereocenters. The Morgan fingerprint density at radius 3 is 3.12 bits per heavy atom. The highest BCUT2D eigenvalue weighted by atomic mass is 14.9. The second-order valence-electron chi connectivity index (χ2n) is 5.19. The monoisotopic (exact) mass is 228 g/mol. The molecule has 0 bridgehead atoms. The van der Waals surface area contributed by atoms with Gasteiger partial charge in [0.25, 0.3) is 0 Å². The number of aromatic nitrogens is 1. The molecule has 1 aromatic carbocycles. The minimum Gasteiger partial charge on any atom is -0.351 e. The Kier molecular flexibility index (Phi) is 2.89. The molecule has 0 spiro atoms. The second kappa shape index (κ2) is 4.53. The lowest BCUT2D eigenvalue weighted by atomic mass is 9.91. The van der Waals surface area contributed by atoms with E-state index in [1.807, 2.05) is 0 Å². The van der Waals surface area contributed by atoms with Crippen LogP contribution in [0.4, 0.5) is 0 Å². The normalized spacial score (nSPS) is 20.9. The van der Waals surface area contributed by atoms with Gasteiger partial charge in [-0.1, -0.05) is 12.1 Å². The number of fused-ring (bicyclic) bond motifs is 1. The third-order valence-electron chi connectivity index (χ3n) is 3.93. The van der Waals surface area contributed by atoms with Crippen LogP contribution >= 0.6 is 0 Å². The van der Waals surface area contributed by atoms with Crippen molar-refractivity contribution in [1.29, 1.82) is 0 Å². The van der Waals surface area contributed by atoms with E-state index in [0.29, 0.717) is 0 Å². The summed E-state index contributed by atoms with van der Waals surface area (Å²) in [6.45, 7) is 2.38. The molecule has 1 aliphatic rings. The average Bonchev–Trinajstić information content (AvgIpc) is 2.74. The van der Waals surface area contributed by atoms with E-state index in [1.54, 1.807) is 0 Å². The molecule has 1 aliphatic heterocycles. The van der Waals surface area contributed by atoms with E-state index < -0.39 is 0 Å². The fourth-order valence-corrected chi connectivity index (χ4v) is 2.95. The van der Waals surface area contributed by atoms with Crippen molar-refractivity contribution in [2.24, 2.45) is 13.0 Å². The lowest BCUT2D eigenvalue weighted by Gasteiger charge is -2.23. The van der Waals surface area contributed by atoms with Crippen LogP contribution in [0.2, 0.25) is 0 Å². The summed E-state index contributed by atoms with van der Waals surface area (Å²) >= 11 is 0. The largest absolute Gasteiger partial charge is 0.351 e. The van der Waals surface area contributed by atoms with Crippen LogP contribution in [0.1, 0.15) is 18.4 Å². The second-order valence-corrected chi connectivity index (χ2v) is 5.19. The average molecular weight is 228 g/mol. The van der Waals surface area contributed by atoms with Gasteiger partial charge < -0.3 is 9.88 Å². The summed E-state index contributed by atoms with van der Waals surface area (Å²) in [6, 6.07) is 8.93. The van der Waals surface area contributed by atoms with Gasteiger partial charge in [-0.15, -0.1) is 0 Å². The molecule has 2 nitrogen and oxygen atoms in total. The van der Waals surface area contributed by atoms with Gasteiger partial charge in [0.1, 0.15) is 0 Å². The van der Waals surface area contributed by atoms with Crippen LogP contribution in [0, 0.1) is 5.92 Å². The Labute approximate surface area is 103 Å². The van der Waals surface area contributed by atoms with Crippen LogP contribution in [0.25, 0.3) is 10.9 Å². The third-order valence-corrected chi connectivity index (χ3v) is 3.93. The highest BCUT2D eigenvalue weighted by Gasteiger charge is 2.15. The zero-order valence-electron chi connectivity index (χ0n) is 10.4. The van der Waals surface area contributed by atoms with E-state index in [4.69, 9.17) is 0 Å². The third kappa shape index (κ3) is 2.09. The summed E-state index contributed by atoms with van der Waals surface area (Å²) in [5.74, 6) is 0.814. The molecule has 2 heterocycles. The molecular formula is C15H20N2. The van der Waals surface area contributed by atoms with Crippen LogP contribution in [0.3, 0.4) is 0 Å². The van der Waals surface area contributed by atoms with E-state index in [0.717, 1.165) is 5.92 Å². The van der Waals surface area contributed by atoms with Crippen molar-refractivity contribution in [2.45, 2.75) is 19.3 Å². The van der Waals surface area contributed by atoms with Crippen molar-refractivity contribution in [1.82, 2.24) is 9.88 Å². The lowest BCUT2D eigenvalue weighted by molar-refractivity contribution is 0.377. The summed E-state index contributed by atoms with van der Waals surface area (Å²) in [6.07, 6.45) is 6.08. The van der Waals surface area contributed by atoms with E-state index in [2.05, 4.69) is 47.4 Å². The van der Waals surface area contributed by atoms with Gasteiger partial charge in [0.15, 0.2) is 0 Å². The molecule has 90 valence electrons. The molecule has 1 unspecified atom stereocenters. The highest BCUT2D eigenvalue weighted by molar-refractivity contribution is 5.83. The number of piperidine rings is 1. The number of hydrogen-bond acceptors (Lipinski definition) is 1. The van der Waals surface area contributed by atoms with Crippen molar-refractivity contribution >= 4 is 10.9 Å². The summed E-state index contributed by atoms with van der Waals surface area (Å²) in [5, 5.41) is 4.93. The molecule has 2 heteroatoms. The minimum absolute atomic E-state index is 0.814. The molecule has 1 N–H and O–H groups in total. The molecular weight excluding hydrogens is 208 g/mol. The van der Waals surface area contributed by atoms with Gasteiger partial charge in [0.05, 0.1) is 0 Å². The molecule has 0 amide bonds. The molecule has 1 fully saturated rings. The molecule has 17 heavy (non-hydrogen) atoms. The summed E-state index contributed by atoms with van der Waals surface area (Å²) in [4.78, 5) is 0. The smallest absolute Gasteiger partial charge is 0.0480 e. The lowest BCUT2D eigenvalue weighted by Crippen LogP contribution is -2.30. The number of hydrogen-bond donors (Lipinski definition) is 1. The first-order valence-corrected chi connectivity index (χ1v) is 6.58. The Hall–Kier alpha value is -1.28. The number of nitrogens with one attached hydrogen (secondary N) is 1. The summed E-state index contributed by atoms with van der Waals surface area (Å²) in [5.41, 5.74) is 2.86. The van der Waals surface area contributed by atoms with Gasteiger partial charge >= 0.3 is 0 Å². The Balaban J connectivity index is 1.89. The van der Waals surface area contributed by atoms with E-state index in [-0.39, 0.29) is 0 Å². The van der Waals surface area contributed by atoms with Gasteiger partial charge in [0, 0.05) is 24.1 Å². The van der Waals surface area contributed by atoms with Crippen molar-refractivity contribution in [3.63, 3.8) is 0 Å². The quantitative estimate of drug-likeness (QED) is 0.836. The number of nitrogens with zero attached hydrogens (tertiary/aromatic N) is 1. The minimum atomic E-state index is 0.814. The van der Waals surface area contributed by atoms with Crippen LogP contribution in [0.15, 0.2) is 30.5 Å². The maximum absolute atomic E-state index is 3.50. The van der Waals surface area contributed by atoms with Gasteiger partial charge in [-0.25, -0.2) is 0 Å². The van der Waals surface area contributed by atoms with Gasteiger partial charge in [0.2, 0.25) is 0 Å². The van der Waals surface area contributed by atoms with Gasteiger partial charge in [-0.05, 0) is 56.0 Å². The SMILES string of the molecule is Cn1ccc2c(CC3CCCNC3)cccc21. The van der Waals surface area contributed by atoms with Crippen LogP contribution in [-0.4, -0.2) is 17.7 Å². The first kappa shape index (κ1) is 10.8. The van der Waals surface area contributed by atoms with Crippen LogP contribution in [0.5, 0.6) is 0 Å². The Morgan fingerprint density at radius 1 is 1.35 bits per heavy atom. The van der Waals surface area contributed by atoms with Crippen LogP contribution < -0.4 is 5.32 Å². The number of benzene rings is 1. The van der Waals surface area contributed by atoms with Crippen molar-refractivity contribution < 1.29 is 0 Å². The number of rotatable bonds is 2. The fraction of sp³-hybridized carbons (Fsp3) is 0.467. The Bertz CT molecular complexity index is 507. The number of aryl methyl sites for hydroxylation is 1. The topological polar surface area (TPSA) is 17.0 Å². The zero-order valence-corrected chi connectivity index (χ0v) is 10.4. The highest BCUT2D eigenvalue weighted by Crippen LogP contribution is 2.24. The molecule has 2 aromatic rings. The predicted molar refractivity (Wildman–Crippen MR) is 72.2 cm³/mol. The van der Waals surface area contributed by atoms with Crippen molar-refractivity contribution in [3.8, 4) is 0 Å². The van der Waals surface area contributed by atoms with Crippen LogP contribution in [-0.2, 0) is 13.5 Å². The standard InChI is InChI=1S/C15H20N2/c1-17-9-7-14-13(5-2-6-15(14)17)10-12-4-3-8-16-11-12/h2,5-7,9,12,16H,3-4,8,10-11H2,1H3. The molecule has 1 saturated heterocycles. The first-order valence-electron chi connectivity index (χ1n) is 6.58. The molecule has 3 rings (SSSR count). The molecule has 0 radical (unpaired) electrons. The van der Waals surface area contributed by atoms with E-state index in [1.165, 1.54) is 48.8 Å². The van der Waals surface area contributed by atoms with E-state index >= 15 is 0 Å². The molecule has 0 saturated carbocycles. The zero-order chi connectivity index (χ0) is 11.7. The first-order chi connectivity index (χ1) is 8.34.